The molecular formula is C7H8FIN2O2. The van der Waals surface area contributed by atoms with Crippen molar-refractivity contribution in [1.29, 1.82) is 0 Å². The standard InChI is InChI=1S/C7H8FIN2O2/c1-4(2-6(12)13)11-3-5(9)7(8)10-11/h3-4H,2H2,1H3,(H,12,13). The molecule has 1 rings (SSSR count). The third-order valence-corrected chi connectivity index (χ3v) is 2.29. The first-order valence-corrected chi connectivity index (χ1v) is 4.70. The topological polar surface area (TPSA) is 55.1 Å². The lowest BCUT2D eigenvalue weighted by Crippen LogP contribution is -2.11. The number of carbonyl (C=O) groups is 1. The van der Waals surface area contributed by atoms with Crippen molar-refractivity contribution in [2.75, 3.05) is 0 Å². The van der Waals surface area contributed by atoms with Crippen LogP contribution in [0.1, 0.15) is 19.4 Å². The molecule has 0 radical (unpaired) electrons. The Bertz CT molecular complexity index is 307. The summed E-state index contributed by atoms with van der Waals surface area (Å²) in [6.07, 6.45) is 1.43. The zero-order chi connectivity index (χ0) is 10.0. The maximum absolute atomic E-state index is 12.8. The lowest BCUT2D eigenvalue weighted by Gasteiger charge is -2.07. The molecule has 0 fully saturated rings. The first kappa shape index (κ1) is 10.4. The number of nitrogens with zero attached hydrogens (tertiary/aromatic N) is 2. The van der Waals surface area contributed by atoms with Gasteiger partial charge in [-0.3, -0.25) is 9.48 Å². The summed E-state index contributed by atoms with van der Waals surface area (Å²) >= 11 is 1.81. The van der Waals surface area contributed by atoms with Crippen molar-refractivity contribution >= 4 is 28.6 Å². The van der Waals surface area contributed by atoms with Crippen LogP contribution in [0, 0.1) is 9.52 Å². The molecule has 1 aromatic rings. The van der Waals surface area contributed by atoms with E-state index in [0.717, 1.165) is 0 Å². The lowest BCUT2D eigenvalue weighted by atomic mass is 10.2. The summed E-state index contributed by atoms with van der Waals surface area (Å²) in [5, 5.41) is 12.0. The largest absolute Gasteiger partial charge is 0.481 e. The smallest absolute Gasteiger partial charge is 0.305 e. The van der Waals surface area contributed by atoms with Crippen LogP contribution < -0.4 is 0 Å². The monoisotopic (exact) mass is 298 g/mol. The maximum atomic E-state index is 12.8. The van der Waals surface area contributed by atoms with Gasteiger partial charge in [0.05, 0.1) is 16.0 Å². The SMILES string of the molecule is CC(CC(=O)O)n1cc(I)c(F)n1. The molecule has 0 aliphatic carbocycles. The Labute approximate surface area is 87.9 Å². The van der Waals surface area contributed by atoms with Gasteiger partial charge in [0.1, 0.15) is 0 Å². The van der Waals surface area contributed by atoms with Crippen LogP contribution in [-0.4, -0.2) is 20.9 Å². The number of carboxylic acids is 1. The fraction of sp³-hybridized carbons (Fsp3) is 0.429. The van der Waals surface area contributed by atoms with Crippen molar-refractivity contribution in [3.8, 4) is 0 Å². The Kier molecular flexibility index (Phi) is 3.23. The van der Waals surface area contributed by atoms with Crippen LogP contribution in [0.4, 0.5) is 4.39 Å². The summed E-state index contributed by atoms with van der Waals surface area (Å²) in [6, 6.07) is -0.324. The Morgan fingerprint density at radius 1 is 1.92 bits per heavy atom. The van der Waals surface area contributed by atoms with Crippen molar-refractivity contribution in [1.82, 2.24) is 9.78 Å². The zero-order valence-corrected chi connectivity index (χ0v) is 9.03. The molecule has 0 spiro atoms. The van der Waals surface area contributed by atoms with E-state index in [1.165, 1.54) is 10.9 Å². The first-order chi connectivity index (χ1) is 6.00. The number of rotatable bonds is 3. The van der Waals surface area contributed by atoms with Gasteiger partial charge in [0.2, 0.25) is 5.95 Å². The maximum Gasteiger partial charge on any atom is 0.305 e. The highest BCUT2D eigenvalue weighted by atomic mass is 127. The summed E-state index contributed by atoms with van der Waals surface area (Å²) in [7, 11) is 0. The molecule has 1 aromatic heterocycles. The van der Waals surface area contributed by atoms with Crippen molar-refractivity contribution in [2.24, 2.45) is 0 Å². The van der Waals surface area contributed by atoms with E-state index in [4.69, 9.17) is 5.11 Å². The van der Waals surface area contributed by atoms with Gasteiger partial charge in [0, 0.05) is 6.20 Å². The average molecular weight is 298 g/mol. The van der Waals surface area contributed by atoms with Crippen molar-refractivity contribution in [3.63, 3.8) is 0 Å². The minimum Gasteiger partial charge on any atom is -0.481 e. The second-order valence-electron chi connectivity index (χ2n) is 2.69. The summed E-state index contributed by atoms with van der Waals surface area (Å²) in [4.78, 5) is 10.3. The Morgan fingerprint density at radius 3 is 2.92 bits per heavy atom. The molecule has 4 nitrogen and oxygen atoms in total. The highest BCUT2D eigenvalue weighted by Gasteiger charge is 2.13. The van der Waals surface area contributed by atoms with E-state index in [2.05, 4.69) is 5.10 Å². The van der Waals surface area contributed by atoms with E-state index in [9.17, 15) is 9.18 Å². The Morgan fingerprint density at radius 2 is 2.54 bits per heavy atom. The van der Waals surface area contributed by atoms with Gasteiger partial charge in [-0.15, -0.1) is 5.10 Å². The van der Waals surface area contributed by atoms with E-state index in [1.54, 1.807) is 29.5 Å². The molecule has 0 aliphatic rings. The molecule has 6 heteroatoms. The molecule has 13 heavy (non-hydrogen) atoms. The Hall–Kier alpha value is -0.660. The fourth-order valence-electron chi connectivity index (χ4n) is 0.919. The van der Waals surface area contributed by atoms with Crippen LogP contribution in [0.15, 0.2) is 6.20 Å². The second kappa shape index (κ2) is 4.03. The van der Waals surface area contributed by atoms with Gasteiger partial charge >= 0.3 is 5.97 Å². The van der Waals surface area contributed by atoms with E-state index >= 15 is 0 Å². The van der Waals surface area contributed by atoms with Gasteiger partial charge in [-0.25, -0.2) is 0 Å². The van der Waals surface area contributed by atoms with Crippen LogP contribution in [0.5, 0.6) is 0 Å². The number of hydrogen-bond donors (Lipinski definition) is 1. The minimum atomic E-state index is -0.918. The van der Waals surface area contributed by atoms with E-state index in [1.807, 2.05) is 0 Å². The van der Waals surface area contributed by atoms with Gasteiger partial charge in [0.25, 0.3) is 0 Å². The van der Waals surface area contributed by atoms with Crippen LogP contribution in [0.2, 0.25) is 0 Å². The quantitative estimate of drug-likeness (QED) is 0.864. The van der Waals surface area contributed by atoms with Crippen molar-refractivity contribution in [2.45, 2.75) is 19.4 Å². The molecule has 1 heterocycles. The fourth-order valence-corrected chi connectivity index (χ4v) is 1.31. The van der Waals surface area contributed by atoms with Crippen LogP contribution in [0.3, 0.4) is 0 Å². The van der Waals surface area contributed by atoms with Crippen LogP contribution >= 0.6 is 22.6 Å². The lowest BCUT2D eigenvalue weighted by molar-refractivity contribution is -0.137. The molecule has 0 saturated heterocycles. The number of aliphatic carboxylic acids is 1. The summed E-state index contributed by atoms with van der Waals surface area (Å²) < 4.78 is 14.5. The van der Waals surface area contributed by atoms with Gasteiger partial charge in [0.15, 0.2) is 0 Å². The summed E-state index contributed by atoms with van der Waals surface area (Å²) in [5.74, 6) is -1.48. The summed E-state index contributed by atoms with van der Waals surface area (Å²) in [6.45, 7) is 1.68. The molecule has 0 aliphatic heterocycles. The molecule has 1 N–H and O–H groups in total. The predicted octanol–water partition coefficient (Wildman–Crippen LogP) is 1.66. The zero-order valence-electron chi connectivity index (χ0n) is 6.87. The predicted molar refractivity (Wildman–Crippen MR) is 51.9 cm³/mol. The number of halogens is 2. The van der Waals surface area contributed by atoms with Gasteiger partial charge in [-0.05, 0) is 29.5 Å². The number of carboxylic acid groups (broad SMARTS) is 1. The highest BCUT2D eigenvalue weighted by molar-refractivity contribution is 14.1. The molecular weight excluding hydrogens is 290 g/mol. The molecule has 0 amide bonds. The molecule has 0 saturated carbocycles. The Balaban J connectivity index is 2.77. The third-order valence-electron chi connectivity index (χ3n) is 1.57. The number of hydrogen-bond acceptors (Lipinski definition) is 2. The van der Waals surface area contributed by atoms with Gasteiger partial charge in [-0.1, -0.05) is 0 Å². The van der Waals surface area contributed by atoms with E-state index in [0.29, 0.717) is 3.57 Å². The molecule has 1 unspecified atom stereocenters. The normalized spacial score (nSPS) is 12.8. The highest BCUT2D eigenvalue weighted by Crippen LogP contribution is 2.14. The van der Waals surface area contributed by atoms with E-state index < -0.39 is 11.9 Å². The van der Waals surface area contributed by atoms with Crippen LogP contribution in [-0.2, 0) is 4.79 Å². The average Bonchev–Trinajstić information content (AvgIpc) is 2.31. The van der Waals surface area contributed by atoms with Crippen LogP contribution in [0.25, 0.3) is 0 Å². The number of aromatic nitrogens is 2. The first-order valence-electron chi connectivity index (χ1n) is 3.62. The molecule has 72 valence electrons. The molecule has 0 aromatic carbocycles. The molecule has 1 atom stereocenters. The third kappa shape index (κ3) is 2.64. The van der Waals surface area contributed by atoms with Gasteiger partial charge < -0.3 is 5.11 Å². The van der Waals surface area contributed by atoms with Gasteiger partial charge in [-0.2, -0.15) is 4.39 Å². The van der Waals surface area contributed by atoms with E-state index in [-0.39, 0.29) is 12.5 Å². The molecule has 0 bridgehead atoms. The minimum absolute atomic E-state index is 0.0583. The second-order valence-corrected chi connectivity index (χ2v) is 3.86. The van der Waals surface area contributed by atoms with Crippen molar-refractivity contribution in [3.05, 3.63) is 15.7 Å². The summed E-state index contributed by atoms with van der Waals surface area (Å²) in [5.41, 5.74) is 0. The van der Waals surface area contributed by atoms with Crippen molar-refractivity contribution < 1.29 is 14.3 Å².